The molecular weight excluding hydrogens is 414 g/mol. The Morgan fingerprint density at radius 1 is 0.679 bits per heavy atom. The van der Waals surface area contributed by atoms with Crippen molar-refractivity contribution in [2.75, 3.05) is 4.72 Å². The van der Waals surface area contributed by atoms with Gasteiger partial charge in [0.15, 0.2) is 0 Å². The Labute approximate surface area is 167 Å². The molecule has 0 saturated heterocycles. The standard InChI is InChI=1S/C20H15NO4S3/c22-27(23,16-9-2-1-3-10-16)20-14-26-13-18(20)21-28(24,25)19-12-6-8-15-7-4-5-11-17(15)19/h1-14,21H. The minimum Gasteiger partial charge on any atom is -0.277 e. The molecule has 1 N–H and O–H groups in total. The second-order valence-electron chi connectivity index (χ2n) is 6.05. The summed E-state index contributed by atoms with van der Waals surface area (Å²) in [5.41, 5.74) is 0.0433. The third-order valence-corrected chi connectivity index (χ3v) is 8.38. The van der Waals surface area contributed by atoms with Crippen LogP contribution in [0.15, 0.2) is 98.2 Å². The van der Waals surface area contributed by atoms with Crippen LogP contribution in [-0.2, 0) is 19.9 Å². The number of anilines is 1. The number of nitrogens with one attached hydrogen (secondary N) is 1. The largest absolute Gasteiger partial charge is 0.277 e. The lowest BCUT2D eigenvalue weighted by Crippen LogP contribution is -2.15. The Morgan fingerprint density at radius 2 is 1.36 bits per heavy atom. The van der Waals surface area contributed by atoms with Gasteiger partial charge in [0.1, 0.15) is 4.90 Å². The molecule has 5 nitrogen and oxygen atoms in total. The predicted octanol–water partition coefficient (Wildman–Crippen LogP) is 4.53. The molecule has 0 aliphatic heterocycles. The number of sulfone groups is 1. The van der Waals surface area contributed by atoms with Gasteiger partial charge in [-0.1, -0.05) is 54.6 Å². The van der Waals surface area contributed by atoms with Crippen LogP contribution in [0, 0.1) is 0 Å². The van der Waals surface area contributed by atoms with E-state index in [1.807, 2.05) is 18.2 Å². The van der Waals surface area contributed by atoms with E-state index in [9.17, 15) is 16.8 Å². The first-order valence-electron chi connectivity index (χ1n) is 8.26. The van der Waals surface area contributed by atoms with Crippen molar-refractivity contribution >= 4 is 47.7 Å². The maximum Gasteiger partial charge on any atom is 0.262 e. The van der Waals surface area contributed by atoms with Crippen molar-refractivity contribution in [2.24, 2.45) is 0 Å². The summed E-state index contributed by atoms with van der Waals surface area (Å²) in [6.45, 7) is 0. The van der Waals surface area contributed by atoms with Crippen molar-refractivity contribution < 1.29 is 16.8 Å². The van der Waals surface area contributed by atoms with Gasteiger partial charge in [-0.05, 0) is 23.6 Å². The Balaban J connectivity index is 1.78. The molecule has 8 heteroatoms. The Bertz CT molecular complexity index is 1350. The smallest absolute Gasteiger partial charge is 0.262 e. The monoisotopic (exact) mass is 429 g/mol. The maximum absolute atomic E-state index is 13.0. The van der Waals surface area contributed by atoms with E-state index >= 15 is 0 Å². The van der Waals surface area contributed by atoms with Crippen LogP contribution in [0.2, 0.25) is 0 Å². The first-order valence-corrected chi connectivity index (χ1v) is 12.2. The fraction of sp³-hybridized carbons (Fsp3) is 0. The van der Waals surface area contributed by atoms with Crippen molar-refractivity contribution in [1.29, 1.82) is 0 Å². The van der Waals surface area contributed by atoms with Crippen molar-refractivity contribution in [1.82, 2.24) is 0 Å². The summed E-state index contributed by atoms with van der Waals surface area (Å²) in [7, 11) is -7.82. The molecule has 0 saturated carbocycles. The first kappa shape index (κ1) is 18.7. The van der Waals surface area contributed by atoms with Gasteiger partial charge in [0.25, 0.3) is 10.0 Å². The van der Waals surface area contributed by atoms with E-state index in [0.29, 0.717) is 5.39 Å². The highest BCUT2D eigenvalue weighted by atomic mass is 32.2. The summed E-state index contributed by atoms with van der Waals surface area (Å²) in [4.78, 5) is 0.145. The SMILES string of the molecule is O=S(=O)(Nc1cscc1S(=O)(=O)c1ccccc1)c1cccc2ccccc12. The number of fused-ring (bicyclic) bond motifs is 1. The molecule has 0 atom stereocenters. The lowest BCUT2D eigenvalue weighted by atomic mass is 10.1. The average Bonchev–Trinajstić information content (AvgIpc) is 3.16. The van der Waals surface area contributed by atoms with Gasteiger partial charge < -0.3 is 0 Å². The van der Waals surface area contributed by atoms with Crippen LogP contribution in [0.1, 0.15) is 0 Å². The Hall–Kier alpha value is -2.68. The van der Waals surface area contributed by atoms with E-state index in [4.69, 9.17) is 0 Å². The molecule has 0 aliphatic carbocycles. The molecule has 0 bridgehead atoms. The Morgan fingerprint density at radius 3 is 2.14 bits per heavy atom. The van der Waals surface area contributed by atoms with Gasteiger partial charge in [-0.15, -0.1) is 11.3 Å². The molecule has 0 unspecified atom stereocenters. The highest BCUT2D eigenvalue weighted by molar-refractivity contribution is 7.93. The van der Waals surface area contributed by atoms with Crippen molar-refractivity contribution in [2.45, 2.75) is 14.7 Å². The second-order valence-corrected chi connectivity index (χ2v) is 10.4. The maximum atomic E-state index is 13.0. The minimum atomic E-state index is -3.98. The number of hydrogen-bond donors (Lipinski definition) is 1. The molecule has 3 aromatic carbocycles. The van der Waals surface area contributed by atoms with Gasteiger partial charge in [-0.3, -0.25) is 4.72 Å². The fourth-order valence-electron chi connectivity index (χ4n) is 2.92. The second kappa shape index (κ2) is 7.05. The van der Waals surface area contributed by atoms with Gasteiger partial charge in [0.2, 0.25) is 9.84 Å². The summed E-state index contributed by atoms with van der Waals surface area (Å²) in [6.07, 6.45) is 0. The number of rotatable bonds is 5. The minimum absolute atomic E-state index is 0.0433. The van der Waals surface area contributed by atoms with Crippen LogP contribution in [0.5, 0.6) is 0 Å². The molecule has 0 spiro atoms. The molecule has 1 heterocycles. The normalized spacial score (nSPS) is 12.1. The van der Waals surface area contributed by atoms with E-state index in [2.05, 4.69) is 4.72 Å². The van der Waals surface area contributed by atoms with Crippen LogP contribution in [0.3, 0.4) is 0 Å². The first-order chi connectivity index (χ1) is 13.4. The Kier molecular flexibility index (Phi) is 4.70. The van der Waals surface area contributed by atoms with Crippen molar-refractivity contribution in [3.05, 3.63) is 83.6 Å². The number of thiophene rings is 1. The molecule has 0 fully saturated rings. The molecule has 0 radical (unpaired) electrons. The topological polar surface area (TPSA) is 80.3 Å². The number of benzene rings is 3. The average molecular weight is 430 g/mol. The van der Waals surface area contributed by atoms with Crippen molar-refractivity contribution in [3.63, 3.8) is 0 Å². The van der Waals surface area contributed by atoms with Gasteiger partial charge in [-0.2, -0.15) is 0 Å². The molecule has 28 heavy (non-hydrogen) atoms. The van der Waals surface area contributed by atoms with Gasteiger partial charge >= 0.3 is 0 Å². The third-order valence-electron chi connectivity index (χ3n) is 4.25. The molecule has 0 aliphatic rings. The highest BCUT2D eigenvalue weighted by Crippen LogP contribution is 2.33. The fourth-order valence-corrected chi connectivity index (χ4v) is 6.92. The zero-order chi connectivity index (χ0) is 19.8. The zero-order valence-electron chi connectivity index (χ0n) is 14.4. The van der Waals surface area contributed by atoms with E-state index in [1.165, 1.54) is 29.0 Å². The van der Waals surface area contributed by atoms with Gasteiger partial charge in [-0.25, -0.2) is 16.8 Å². The van der Waals surface area contributed by atoms with E-state index in [-0.39, 0.29) is 20.4 Å². The quantitative estimate of drug-likeness (QED) is 0.505. The van der Waals surface area contributed by atoms with Gasteiger partial charge in [0, 0.05) is 16.1 Å². The van der Waals surface area contributed by atoms with Crippen LogP contribution < -0.4 is 4.72 Å². The van der Waals surface area contributed by atoms with Crippen LogP contribution in [-0.4, -0.2) is 16.8 Å². The molecular formula is C20H15NO4S3. The van der Waals surface area contributed by atoms with Crippen molar-refractivity contribution in [3.8, 4) is 0 Å². The lowest BCUT2D eigenvalue weighted by molar-refractivity contribution is 0.597. The van der Waals surface area contributed by atoms with Crippen LogP contribution >= 0.6 is 11.3 Å². The molecule has 1 aromatic heterocycles. The summed E-state index contributed by atoms with van der Waals surface area (Å²) in [5.74, 6) is 0. The molecule has 142 valence electrons. The molecule has 4 aromatic rings. The molecule has 4 rings (SSSR count). The van der Waals surface area contributed by atoms with E-state index < -0.39 is 19.9 Å². The summed E-state index contributed by atoms with van der Waals surface area (Å²) < 4.78 is 54.4. The summed E-state index contributed by atoms with van der Waals surface area (Å²) >= 11 is 1.12. The predicted molar refractivity (Wildman–Crippen MR) is 111 cm³/mol. The summed E-state index contributed by atoms with van der Waals surface area (Å²) in [6, 6.07) is 20.1. The summed E-state index contributed by atoms with van der Waals surface area (Å²) in [5, 5.41) is 4.27. The van der Waals surface area contributed by atoms with Crippen LogP contribution in [0.25, 0.3) is 10.8 Å². The highest BCUT2D eigenvalue weighted by Gasteiger charge is 2.26. The molecule has 0 amide bonds. The number of hydrogen-bond acceptors (Lipinski definition) is 5. The third kappa shape index (κ3) is 3.30. The van der Waals surface area contributed by atoms with E-state index in [0.717, 1.165) is 16.7 Å². The van der Waals surface area contributed by atoms with Crippen LogP contribution in [0.4, 0.5) is 5.69 Å². The lowest BCUT2D eigenvalue weighted by Gasteiger charge is -2.11. The number of sulfonamides is 1. The van der Waals surface area contributed by atoms with Gasteiger partial charge in [0.05, 0.1) is 15.5 Å². The zero-order valence-corrected chi connectivity index (χ0v) is 16.9. The van der Waals surface area contributed by atoms with E-state index in [1.54, 1.807) is 36.4 Å².